The van der Waals surface area contributed by atoms with Crippen molar-refractivity contribution in [1.82, 2.24) is 4.72 Å². The zero-order valence-electron chi connectivity index (χ0n) is 16.4. The molecular formula is C23H26N2O3S. The Morgan fingerprint density at radius 3 is 2.59 bits per heavy atom. The molecule has 29 heavy (non-hydrogen) atoms. The van der Waals surface area contributed by atoms with Gasteiger partial charge in [-0.15, -0.1) is 0 Å². The predicted octanol–water partition coefficient (Wildman–Crippen LogP) is 5.02. The van der Waals surface area contributed by atoms with Gasteiger partial charge in [-0.25, -0.2) is 4.79 Å². The zero-order chi connectivity index (χ0) is 19.5. The van der Waals surface area contributed by atoms with Crippen molar-refractivity contribution in [3.63, 3.8) is 0 Å². The Labute approximate surface area is 174 Å². The summed E-state index contributed by atoms with van der Waals surface area (Å²) in [7, 11) is 0. The molecule has 1 unspecified atom stereocenters. The summed E-state index contributed by atoms with van der Waals surface area (Å²) in [6.45, 7) is 0. The Balaban J connectivity index is 1.18. The third kappa shape index (κ3) is 2.91. The minimum atomic E-state index is -0.426. The van der Waals surface area contributed by atoms with Crippen LogP contribution in [0.1, 0.15) is 77.7 Å². The van der Waals surface area contributed by atoms with Gasteiger partial charge in [-0.2, -0.15) is 0 Å². The van der Waals surface area contributed by atoms with Gasteiger partial charge in [-0.1, -0.05) is 6.07 Å². The summed E-state index contributed by atoms with van der Waals surface area (Å²) < 4.78 is 8.90. The lowest BCUT2D eigenvalue weighted by Crippen LogP contribution is -2.24. The number of benzene rings is 1. The number of hydrogen-bond acceptors (Lipinski definition) is 4. The van der Waals surface area contributed by atoms with Gasteiger partial charge in [-0.3, -0.25) is 4.72 Å². The van der Waals surface area contributed by atoms with E-state index >= 15 is 0 Å². The lowest BCUT2D eigenvalue weighted by molar-refractivity contribution is 0.101. The van der Waals surface area contributed by atoms with Crippen LogP contribution < -0.4 is 10.0 Å². The number of carbonyl (C=O) groups is 1. The highest BCUT2D eigenvalue weighted by atomic mass is 32.2. The summed E-state index contributed by atoms with van der Waals surface area (Å²) in [6, 6.07) is 4.07. The number of nitrogens with one attached hydrogen (secondary N) is 2. The zero-order valence-corrected chi connectivity index (χ0v) is 17.2. The normalized spacial score (nSPS) is 26.2. The van der Waals surface area contributed by atoms with E-state index in [1.807, 2.05) is 6.07 Å². The predicted molar refractivity (Wildman–Crippen MR) is 112 cm³/mol. The number of amides is 2. The number of fused-ring (bicyclic) bond motifs is 6. The first-order chi connectivity index (χ1) is 14.2. The number of rotatable bonds is 3. The molecule has 2 amide bonds. The van der Waals surface area contributed by atoms with E-state index < -0.39 is 6.10 Å². The van der Waals surface area contributed by atoms with E-state index in [4.69, 9.17) is 4.42 Å². The van der Waals surface area contributed by atoms with E-state index in [1.54, 1.807) is 0 Å². The van der Waals surface area contributed by atoms with E-state index in [1.165, 1.54) is 47.0 Å². The van der Waals surface area contributed by atoms with Crippen molar-refractivity contribution in [3.05, 3.63) is 45.7 Å². The highest BCUT2D eigenvalue weighted by molar-refractivity contribution is 7.97. The summed E-state index contributed by atoms with van der Waals surface area (Å²) >= 11 is 1.20. The van der Waals surface area contributed by atoms with Crippen LogP contribution in [0.5, 0.6) is 0 Å². The van der Waals surface area contributed by atoms with Crippen LogP contribution in [-0.2, 0) is 25.7 Å². The van der Waals surface area contributed by atoms with E-state index in [-0.39, 0.29) is 6.03 Å². The van der Waals surface area contributed by atoms with Crippen molar-refractivity contribution in [2.45, 2.75) is 74.9 Å². The molecular weight excluding hydrogens is 384 g/mol. The first-order valence-corrected chi connectivity index (χ1v) is 11.7. The Bertz CT molecular complexity index is 953. The number of aliphatic hydroxyl groups is 1. The standard InChI is InChI=1S/C23H26N2O3S/c26-21-14-7-8-15(10-14)22-18(21)11-19(28-22)29-25-23(27)24-20-16-5-1-3-12(16)9-13-4-2-6-17(13)20/h9,11,14-15,21,26H,1-8,10H2,(H2,24,25,27)/t14-,15+,21?/m0/s1. The van der Waals surface area contributed by atoms with Gasteiger partial charge in [0.2, 0.25) is 0 Å². The lowest BCUT2D eigenvalue weighted by Gasteiger charge is -2.23. The third-order valence-electron chi connectivity index (χ3n) is 7.33. The van der Waals surface area contributed by atoms with Crippen LogP contribution in [-0.4, -0.2) is 11.1 Å². The first kappa shape index (κ1) is 17.9. The van der Waals surface area contributed by atoms with Crippen LogP contribution in [0.4, 0.5) is 10.5 Å². The number of carbonyl (C=O) groups excluding carboxylic acids is 1. The van der Waals surface area contributed by atoms with E-state index in [0.717, 1.165) is 62.0 Å². The van der Waals surface area contributed by atoms with Crippen LogP contribution in [0, 0.1) is 5.92 Å². The van der Waals surface area contributed by atoms with Crippen molar-refractivity contribution >= 4 is 23.7 Å². The van der Waals surface area contributed by atoms with Gasteiger partial charge in [0.1, 0.15) is 5.76 Å². The van der Waals surface area contributed by atoms with Crippen LogP contribution in [0.15, 0.2) is 21.6 Å². The van der Waals surface area contributed by atoms with Gasteiger partial charge < -0.3 is 14.8 Å². The number of urea groups is 1. The maximum atomic E-state index is 12.7. The number of furan rings is 1. The summed E-state index contributed by atoms with van der Waals surface area (Å²) in [5.74, 6) is 1.72. The fourth-order valence-electron chi connectivity index (χ4n) is 5.99. The molecule has 5 nitrogen and oxygen atoms in total. The topological polar surface area (TPSA) is 74.5 Å². The molecule has 4 aliphatic carbocycles. The molecule has 1 saturated carbocycles. The summed E-state index contributed by atoms with van der Waals surface area (Å²) in [6.07, 6.45) is 9.45. The molecule has 1 fully saturated rings. The molecule has 3 atom stereocenters. The van der Waals surface area contributed by atoms with Crippen molar-refractivity contribution in [2.75, 3.05) is 5.32 Å². The van der Waals surface area contributed by atoms with E-state index in [9.17, 15) is 9.90 Å². The van der Waals surface area contributed by atoms with Gasteiger partial charge in [0.25, 0.3) is 0 Å². The van der Waals surface area contributed by atoms with Gasteiger partial charge in [0.05, 0.1) is 6.10 Å². The SMILES string of the molecule is O=C(NSc1cc2c(o1)[C@@H]1CC[C@@H](C1)C2O)Nc1c2c(cc3c1CCC3)CCC2. The second-order valence-corrected chi connectivity index (χ2v) is 9.80. The van der Waals surface area contributed by atoms with E-state index in [2.05, 4.69) is 16.1 Å². The lowest BCUT2D eigenvalue weighted by atomic mass is 9.86. The second-order valence-electron chi connectivity index (χ2n) is 8.99. The Morgan fingerprint density at radius 2 is 1.83 bits per heavy atom. The molecule has 4 aliphatic rings. The van der Waals surface area contributed by atoms with Crippen LogP contribution in [0.3, 0.4) is 0 Å². The molecule has 6 heteroatoms. The number of aliphatic hydroxyl groups excluding tert-OH is 1. The van der Waals surface area contributed by atoms with Gasteiger partial charge >= 0.3 is 6.03 Å². The van der Waals surface area contributed by atoms with Crippen LogP contribution in [0.25, 0.3) is 0 Å². The largest absolute Gasteiger partial charge is 0.452 e. The van der Waals surface area contributed by atoms with Crippen molar-refractivity contribution in [2.24, 2.45) is 5.92 Å². The number of hydrogen-bond donors (Lipinski definition) is 3. The first-order valence-electron chi connectivity index (χ1n) is 10.9. The van der Waals surface area contributed by atoms with Gasteiger partial charge in [0, 0.05) is 29.1 Å². The maximum absolute atomic E-state index is 12.7. The molecule has 0 radical (unpaired) electrons. The Kier molecular flexibility index (Phi) is 4.20. The number of aryl methyl sites for hydroxylation is 2. The molecule has 0 aliphatic heterocycles. The average Bonchev–Trinajstić information content (AvgIpc) is 3.50. The Hall–Kier alpha value is -1.92. The summed E-state index contributed by atoms with van der Waals surface area (Å²) in [4.78, 5) is 12.7. The van der Waals surface area contributed by atoms with Crippen LogP contribution >= 0.6 is 11.9 Å². The highest BCUT2D eigenvalue weighted by Gasteiger charge is 2.41. The molecule has 0 saturated heterocycles. The smallest absolute Gasteiger partial charge is 0.329 e. The molecule has 1 aromatic carbocycles. The molecule has 1 heterocycles. The average molecular weight is 411 g/mol. The molecule has 152 valence electrons. The molecule has 6 rings (SSSR count). The molecule has 1 aromatic heterocycles. The number of anilines is 1. The third-order valence-corrected chi connectivity index (χ3v) is 8.02. The Morgan fingerprint density at radius 1 is 1.07 bits per heavy atom. The minimum absolute atomic E-state index is 0.208. The fourth-order valence-corrected chi connectivity index (χ4v) is 6.56. The molecule has 2 aromatic rings. The van der Waals surface area contributed by atoms with Gasteiger partial charge in [0.15, 0.2) is 5.09 Å². The molecule has 2 bridgehead atoms. The van der Waals surface area contributed by atoms with Crippen molar-refractivity contribution in [3.8, 4) is 0 Å². The molecule has 0 spiro atoms. The second kappa shape index (κ2) is 6.81. The van der Waals surface area contributed by atoms with Crippen LogP contribution in [0.2, 0.25) is 0 Å². The summed E-state index contributed by atoms with van der Waals surface area (Å²) in [5, 5.41) is 14.3. The minimum Gasteiger partial charge on any atom is -0.452 e. The van der Waals surface area contributed by atoms with Crippen molar-refractivity contribution in [1.29, 1.82) is 0 Å². The van der Waals surface area contributed by atoms with Crippen molar-refractivity contribution < 1.29 is 14.3 Å². The molecule has 3 N–H and O–H groups in total. The van der Waals surface area contributed by atoms with E-state index in [0.29, 0.717) is 16.9 Å². The fraction of sp³-hybridized carbons (Fsp3) is 0.522. The maximum Gasteiger partial charge on any atom is 0.329 e. The highest BCUT2D eigenvalue weighted by Crippen LogP contribution is 2.52. The monoisotopic (exact) mass is 410 g/mol. The van der Waals surface area contributed by atoms with Gasteiger partial charge in [-0.05, 0) is 92.0 Å². The quantitative estimate of drug-likeness (QED) is 0.622. The summed E-state index contributed by atoms with van der Waals surface area (Å²) in [5.41, 5.74) is 7.47.